The molecule has 0 aliphatic rings. The van der Waals surface area contributed by atoms with Crippen molar-refractivity contribution in [1.29, 1.82) is 0 Å². The molecule has 0 saturated carbocycles. The van der Waals surface area contributed by atoms with Gasteiger partial charge in [0.1, 0.15) is 0 Å². The van der Waals surface area contributed by atoms with E-state index < -0.39 is 0 Å². The Labute approximate surface area is 78.7 Å². The highest BCUT2D eigenvalue weighted by molar-refractivity contribution is 9.10. The molecule has 1 aromatic heterocycles. The zero-order chi connectivity index (χ0) is 8.72. The van der Waals surface area contributed by atoms with Gasteiger partial charge in [0.25, 0.3) is 0 Å². The number of aromatic nitrogens is 1. The monoisotopic (exact) mass is 225 g/mol. The van der Waals surface area contributed by atoms with Crippen molar-refractivity contribution in [2.75, 3.05) is 0 Å². The first-order valence-corrected chi connectivity index (χ1v) is 4.50. The number of hydrogen-bond donors (Lipinski definition) is 0. The first-order chi connectivity index (χ1) is 5.68. The maximum absolute atomic E-state index is 5.14. The molecule has 0 aliphatic carbocycles. The van der Waals surface area contributed by atoms with Crippen LogP contribution in [-0.2, 0) is 0 Å². The summed E-state index contributed by atoms with van der Waals surface area (Å²) in [6.07, 6.45) is 0. The summed E-state index contributed by atoms with van der Waals surface area (Å²) < 4.78 is 6.11. The molecule has 0 spiro atoms. The van der Waals surface area contributed by atoms with Crippen LogP contribution in [0.5, 0.6) is 0 Å². The van der Waals surface area contributed by atoms with Crippen LogP contribution < -0.4 is 0 Å². The number of fused-ring (bicyclic) bond motifs is 1. The van der Waals surface area contributed by atoms with Crippen molar-refractivity contribution in [2.45, 2.75) is 13.8 Å². The van der Waals surface area contributed by atoms with Crippen molar-refractivity contribution in [2.24, 2.45) is 0 Å². The van der Waals surface area contributed by atoms with Gasteiger partial charge in [0.05, 0.1) is 10.2 Å². The van der Waals surface area contributed by atoms with E-state index in [9.17, 15) is 0 Å². The fourth-order valence-corrected chi connectivity index (χ4v) is 1.90. The third kappa shape index (κ3) is 1.05. The van der Waals surface area contributed by atoms with Gasteiger partial charge in [0.2, 0.25) is 0 Å². The largest absolute Gasteiger partial charge is 0.355 e. The number of benzene rings is 1. The summed E-state index contributed by atoms with van der Waals surface area (Å²) in [6.45, 7) is 3.99. The molecule has 2 aromatic rings. The van der Waals surface area contributed by atoms with Gasteiger partial charge < -0.3 is 4.52 Å². The molecular weight excluding hydrogens is 218 g/mol. The molecule has 0 amide bonds. The molecule has 2 rings (SSSR count). The molecular formula is C9H8BrNO. The summed E-state index contributed by atoms with van der Waals surface area (Å²) in [5.41, 5.74) is 2.98. The molecule has 62 valence electrons. The van der Waals surface area contributed by atoms with E-state index in [1.807, 2.05) is 13.0 Å². The minimum atomic E-state index is 0.832. The van der Waals surface area contributed by atoms with Gasteiger partial charge in [-0.3, -0.25) is 0 Å². The molecule has 12 heavy (non-hydrogen) atoms. The van der Waals surface area contributed by atoms with Crippen LogP contribution in [0.15, 0.2) is 21.1 Å². The minimum absolute atomic E-state index is 0.832. The van der Waals surface area contributed by atoms with Crippen LogP contribution in [0.1, 0.15) is 11.3 Å². The lowest BCUT2D eigenvalue weighted by atomic mass is 10.1. The van der Waals surface area contributed by atoms with E-state index in [1.165, 1.54) is 5.56 Å². The topological polar surface area (TPSA) is 26.0 Å². The lowest BCUT2D eigenvalue weighted by molar-refractivity contribution is 0.449. The molecule has 0 unspecified atom stereocenters. The molecule has 3 heteroatoms. The van der Waals surface area contributed by atoms with Crippen molar-refractivity contribution in [1.82, 2.24) is 5.16 Å². The molecule has 0 radical (unpaired) electrons. The molecule has 0 bridgehead atoms. The van der Waals surface area contributed by atoms with E-state index >= 15 is 0 Å². The van der Waals surface area contributed by atoms with Gasteiger partial charge in [-0.2, -0.15) is 0 Å². The van der Waals surface area contributed by atoms with E-state index in [0.29, 0.717) is 0 Å². The van der Waals surface area contributed by atoms with Gasteiger partial charge in [0, 0.05) is 5.39 Å². The van der Waals surface area contributed by atoms with Crippen LogP contribution in [0.25, 0.3) is 11.0 Å². The van der Waals surface area contributed by atoms with Gasteiger partial charge in [-0.15, -0.1) is 0 Å². The molecule has 2 nitrogen and oxygen atoms in total. The Morgan fingerprint density at radius 1 is 1.33 bits per heavy atom. The lowest BCUT2D eigenvalue weighted by Gasteiger charge is -1.94. The second-order valence-corrected chi connectivity index (χ2v) is 3.75. The highest BCUT2D eigenvalue weighted by Crippen LogP contribution is 2.27. The van der Waals surface area contributed by atoms with Gasteiger partial charge in [-0.05, 0) is 47.5 Å². The number of hydrogen-bond acceptors (Lipinski definition) is 2. The predicted molar refractivity (Wildman–Crippen MR) is 51.2 cm³/mol. The molecule has 0 N–H and O–H groups in total. The Morgan fingerprint density at radius 3 is 2.83 bits per heavy atom. The van der Waals surface area contributed by atoms with Crippen LogP contribution in [0.2, 0.25) is 0 Å². The van der Waals surface area contributed by atoms with Crippen molar-refractivity contribution < 1.29 is 4.52 Å². The second-order valence-electron chi connectivity index (χ2n) is 2.89. The minimum Gasteiger partial charge on any atom is -0.355 e. The third-order valence-corrected chi connectivity index (χ3v) is 2.44. The average molecular weight is 226 g/mol. The van der Waals surface area contributed by atoms with Crippen molar-refractivity contribution in [3.05, 3.63) is 27.9 Å². The Hall–Kier alpha value is -0.830. The van der Waals surface area contributed by atoms with Crippen molar-refractivity contribution >= 4 is 26.9 Å². The van der Waals surface area contributed by atoms with Gasteiger partial charge in [0.15, 0.2) is 5.58 Å². The number of nitrogens with zero attached hydrogens (tertiary/aromatic N) is 1. The first kappa shape index (κ1) is 7.80. The highest BCUT2D eigenvalue weighted by Gasteiger charge is 2.07. The van der Waals surface area contributed by atoms with Crippen LogP contribution in [0.4, 0.5) is 0 Å². The van der Waals surface area contributed by atoms with E-state index in [0.717, 1.165) is 21.1 Å². The van der Waals surface area contributed by atoms with E-state index in [2.05, 4.69) is 34.1 Å². The summed E-state index contributed by atoms with van der Waals surface area (Å²) in [5, 5.41) is 4.98. The lowest BCUT2D eigenvalue weighted by Crippen LogP contribution is -1.75. The zero-order valence-electron chi connectivity index (χ0n) is 6.89. The fraction of sp³-hybridized carbons (Fsp3) is 0.222. The van der Waals surface area contributed by atoms with E-state index in [1.54, 1.807) is 0 Å². The van der Waals surface area contributed by atoms with Crippen molar-refractivity contribution in [3.63, 3.8) is 0 Å². The van der Waals surface area contributed by atoms with E-state index in [4.69, 9.17) is 4.52 Å². The fourth-order valence-electron chi connectivity index (χ4n) is 1.25. The van der Waals surface area contributed by atoms with Crippen LogP contribution in [0.3, 0.4) is 0 Å². The average Bonchev–Trinajstić information content (AvgIpc) is 2.33. The molecule has 0 atom stereocenters. The summed E-state index contributed by atoms with van der Waals surface area (Å²) in [5.74, 6) is 0. The number of rotatable bonds is 0. The Morgan fingerprint density at radius 2 is 2.08 bits per heavy atom. The molecule has 0 saturated heterocycles. The highest BCUT2D eigenvalue weighted by atomic mass is 79.9. The molecule has 0 fully saturated rings. The standard InChI is InChI=1S/C9H8BrNO/c1-5-3-7-6(2)11-12-9(7)8(10)4-5/h3-4H,1-2H3. The Balaban J connectivity index is 2.92. The summed E-state index contributed by atoms with van der Waals surface area (Å²) >= 11 is 3.43. The zero-order valence-corrected chi connectivity index (χ0v) is 8.47. The smallest absolute Gasteiger partial charge is 0.181 e. The van der Waals surface area contributed by atoms with Gasteiger partial charge in [-0.25, -0.2) is 0 Å². The SMILES string of the molecule is Cc1cc(Br)c2onc(C)c2c1. The van der Waals surface area contributed by atoms with Crippen LogP contribution in [-0.4, -0.2) is 5.16 Å². The molecule has 1 aromatic carbocycles. The number of halogens is 1. The Bertz CT molecular complexity index is 433. The quantitative estimate of drug-likeness (QED) is 0.689. The van der Waals surface area contributed by atoms with Gasteiger partial charge >= 0.3 is 0 Å². The maximum atomic E-state index is 5.14. The van der Waals surface area contributed by atoms with E-state index in [-0.39, 0.29) is 0 Å². The third-order valence-electron chi connectivity index (χ3n) is 1.85. The molecule has 1 heterocycles. The Kier molecular flexibility index (Phi) is 1.68. The normalized spacial score (nSPS) is 10.9. The van der Waals surface area contributed by atoms with Crippen LogP contribution in [0, 0.1) is 13.8 Å². The number of aryl methyl sites for hydroxylation is 2. The second kappa shape index (κ2) is 2.59. The van der Waals surface area contributed by atoms with Crippen LogP contribution >= 0.6 is 15.9 Å². The summed E-state index contributed by atoms with van der Waals surface area (Å²) in [6, 6.07) is 4.10. The van der Waals surface area contributed by atoms with Gasteiger partial charge in [-0.1, -0.05) is 5.16 Å². The first-order valence-electron chi connectivity index (χ1n) is 3.70. The maximum Gasteiger partial charge on any atom is 0.181 e. The summed E-state index contributed by atoms with van der Waals surface area (Å²) in [7, 11) is 0. The summed E-state index contributed by atoms with van der Waals surface area (Å²) in [4.78, 5) is 0. The molecule has 0 aliphatic heterocycles. The predicted octanol–water partition coefficient (Wildman–Crippen LogP) is 3.21. The van der Waals surface area contributed by atoms with Crippen molar-refractivity contribution in [3.8, 4) is 0 Å².